The molecule has 0 saturated heterocycles. The lowest BCUT2D eigenvalue weighted by molar-refractivity contribution is -0.297. The molecular formula is C37H42F6O6. The molecule has 3 aromatic rings. The second-order valence-electron chi connectivity index (χ2n) is 11.7. The van der Waals surface area contributed by atoms with Crippen LogP contribution in [-0.4, -0.2) is 50.0 Å². The van der Waals surface area contributed by atoms with E-state index in [4.69, 9.17) is 14.2 Å². The summed E-state index contributed by atoms with van der Waals surface area (Å²) in [5.74, 6) is -7.75. The molecule has 12 heteroatoms. The summed E-state index contributed by atoms with van der Waals surface area (Å²) >= 11 is 0. The number of unbranched alkanes of at least 4 members (excludes halogenated alkanes) is 8. The van der Waals surface area contributed by atoms with Gasteiger partial charge in [-0.05, 0) is 66.9 Å². The van der Waals surface area contributed by atoms with E-state index in [2.05, 4.69) is 11.7 Å². The first-order valence-corrected chi connectivity index (χ1v) is 16.4. The SMILES string of the molecule is CCCCCCCCCCCOc1ccc(-c2ccc(C(=O)Oc3ccc(C(=O)OC(C)COCC(F)(F)C(F)(F)F)cc3F)cc2)cc1. The van der Waals surface area contributed by atoms with E-state index in [0.29, 0.717) is 6.61 Å². The molecule has 0 aromatic heterocycles. The quantitative estimate of drug-likeness (QED) is 0.0507. The summed E-state index contributed by atoms with van der Waals surface area (Å²) in [6.07, 6.45) is 4.20. The normalized spacial score (nSPS) is 12.4. The van der Waals surface area contributed by atoms with Crippen molar-refractivity contribution in [2.45, 2.75) is 89.8 Å². The molecule has 49 heavy (non-hydrogen) atoms. The number of ether oxygens (including phenoxy) is 4. The van der Waals surface area contributed by atoms with Crippen LogP contribution in [-0.2, 0) is 9.47 Å². The maximum Gasteiger partial charge on any atom is 0.455 e. The van der Waals surface area contributed by atoms with Gasteiger partial charge in [0.25, 0.3) is 0 Å². The summed E-state index contributed by atoms with van der Waals surface area (Å²) in [5, 5.41) is 0. The third-order valence-corrected chi connectivity index (χ3v) is 7.55. The third-order valence-electron chi connectivity index (χ3n) is 7.55. The zero-order valence-electron chi connectivity index (χ0n) is 27.6. The van der Waals surface area contributed by atoms with Gasteiger partial charge in [-0.25, -0.2) is 14.0 Å². The zero-order valence-corrected chi connectivity index (χ0v) is 27.6. The highest BCUT2D eigenvalue weighted by atomic mass is 19.4. The largest absolute Gasteiger partial charge is 0.494 e. The van der Waals surface area contributed by atoms with Crippen LogP contribution in [0.2, 0.25) is 0 Å². The van der Waals surface area contributed by atoms with Gasteiger partial charge in [-0.2, -0.15) is 22.0 Å². The van der Waals surface area contributed by atoms with Gasteiger partial charge >= 0.3 is 24.0 Å². The fourth-order valence-corrected chi connectivity index (χ4v) is 4.73. The summed E-state index contributed by atoms with van der Waals surface area (Å²) in [4.78, 5) is 24.9. The molecule has 0 spiro atoms. The molecular weight excluding hydrogens is 654 g/mol. The van der Waals surface area contributed by atoms with Crippen molar-refractivity contribution in [2.75, 3.05) is 19.8 Å². The molecule has 1 unspecified atom stereocenters. The Kier molecular flexibility index (Phi) is 15.4. The molecule has 3 aromatic carbocycles. The standard InChI is InChI=1S/C37H42F6O6/c1-3-4-5-6-7-8-9-10-11-22-47-31-19-16-28(17-20-31)27-12-14-29(15-13-27)34(44)49-33-21-18-30(23-32(33)38)35(45)48-26(2)24-46-25-36(39,40)37(41,42)43/h12-21,23,26H,3-11,22,24-25H2,1-2H3. The Balaban J connectivity index is 1.43. The number of alkyl halides is 5. The maximum atomic E-state index is 14.7. The number of halogens is 6. The smallest absolute Gasteiger partial charge is 0.455 e. The average Bonchev–Trinajstić information content (AvgIpc) is 3.06. The van der Waals surface area contributed by atoms with Crippen molar-refractivity contribution in [1.82, 2.24) is 0 Å². The highest BCUT2D eigenvalue weighted by Gasteiger charge is 2.57. The predicted molar refractivity (Wildman–Crippen MR) is 173 cm³/mol. The van der Waals surface area contributed by atoms with Gasteiger partial charge in [0.15, 0.2) is 11.6 Å². The second kappa shape index (κ2) is 19.2. The van der Waals surface area contributed by atoms with Crippen molar-refractivity contribution in [3.05, 3.63) is 83.7 Å². The molecule has 0 aliphatic carbocycles. The minimum Gasteiger partial charge on any atom is -0.494 e. The van der Waals surface area contributed by atoms with Gasteiger partial charge in [0.05, 0.1) is 24.3 Å². The highest BCUT2D eigenvalue weighted by Crippen LogP contribution is 2.35. The van der Waals surface area contributed by atoms with Crippen LogP contribution in [0.3, 0.4) is 0 Å². The molecule has 3 rings (SSSR count). The minimum atomic E-state index is -5.78. The first kappa shape index (κ1) is 39.4. The van der Waals surface area contributed by atoms with E-state index >= 15 is 0 Å². The van der Waals surface area contributed by atoms with Crippen LogP contribution in [0.15, 0.2) is 66.7 Å². The molecule has 0 radical (unpaired) electrons. The van der Waals surface area contributed by atoms with Crippen molar-refractivity contribution in [1.29, 1.82) is 0 Å². The number of carbonyl (C=O) groups excluding carboxylic acids is 2. The van der Waals surface area contributed by atoms with Crippen LogP contribution < -0.4 is 9.47 Å². The minimum absolute atomic E-state index is 0.150. The first-order chi connectivity index (χ1) is 23.3. The molecule has 0 bridgehead atoms. The van der Waals surface area contributed by atoms with Crippen molar-refractivity contribution in [3.8, 4) is 22.6 Å². The van der Waals surface area contributed by atoms with E-state index in [0.717, 1.165) is 47.9 Å². The number of rotatable bonds is 20. The molecule has 0 aliphatic heterocycles. The highest BCUT2D eigenvalue weighted by molar-refractivity contribution is 5.92. The number of hydrogen-bond donors (Lipinski definition) is 0. The summed E-state index contributed by atoms with van der Waals surface area (Å²) in [6.45, 7) is 1.38. The molecule has 0 aliphatic rings. The first-order valence-electron chi connectivity index (χ1n) is 16.4. The summed E-state index contributed by atoms with van der Waals surface area (Å²) < 4.78 is 97.5. The molecule has 0 N–H and O–H groups in total. The molecule has 0 fully saturated rings. The van der Waals surface area contributed by atoms with E-state index in [1.165, 1.54) is 64.0 Å². The Hall–Kier alpha value is -4.06. The van der Waals surface area contributed by atoms with E-state index in [-0.39, 0.29) is 11.1 Å². The van der Waals surface area contributed by atoms with Crippen LogP contribution in [0.5, 0.6) is 11.5 Å². The number of benzene rings is 3. The van der Waals surface area contributed by atoms with E-state index in [9.17, 15) is 35.9 Å². The molecule has 0 heterocycles. The molecule has 0 amide bonds. The van der Waals surface area contributed by atoms with Crippen LogP contribution in [0.4, 0.5) is 26.3 Å². The summed E-state index contributed by atoms with van der Waals surface area (Å²) in [7, 11) is 0. The Morgan fingerprint density at radius 2 is 1.27 bits per heavy atom. The van der Waals surface area contributed by atoms with E-state index in [1.54, 1.807) is 12.1 Å². The van der Waals surface area contributed by atoms with Crippen LogP contribution >= 0.6 is 0 Å². The number of carbonyl (C=O) groups is 2. The van der Waals surface area contributed by atoms with Crippen LogP contribution in [0, 0.1) is 5.82 Å². The van der Waals surface area contributed by atoms with Crippen molar-refractivity contribution in [3.63, 3.8) is 0 Å². The third kappa shape index (κ3) is 13.1. The predicted octanol–water partition coefficient (Wildman–Crippen LogP) is 10.4. The van der Waals surface area contributed by atoms with Gasteiger partial charge in [-0.3, -0.25) is 0 Å². The second-order valence-corrected chi connectivity index (χ2v) is 11.7. The number of hydrogen-bond acceptors (Lipinski definition) is 6. The van der Waals surface area contributed by atoms with Crippen molar-refractivity contribution >= 4 is 11.9 Å². The van der Waals surface area contributed by atoms with Crippen LogP contribution in [0.25, 0.3) is 11.1 Å². The molecule has 1 atom stereocenters. The molecule has 268 valence electrons. The van der Waals surface area contributed by atoms with Gasteiger partial charge in [0.2, 0.25) is 0 Å². The number of esters is 2. The van der Waals surface area contributed by atoms with Crippen molar-refractivity contribution in [2.24, 2.45) is 0 Å². The molecule has 6 nitrogen and oxygen atoms in total. The van der Waals surface area contributed by atoms with Gasteiger partial charge in [-0.15, -0.1) is 0 Å². The van der Waals surface area contributed by atoms with E-state index < -0.39 is 54.9 Å². The topological polar surface area (TPSA) is 71.1 Å². The average molecular weight is 697 g/mol. The summed E-state index contributed by atoms with van der Waals surface area (Å²) in [5.41, 5.74) is 1.58. The Morgan fingerprint density at radius 1 is 0.714 bits per heavy atom. The maximum absolute atomic E-state index is 14.7. The Labute approximate surface area is 282 Å². The van der Waals surface area contributed by atoms with Gasteiger partial charge in [-0.1, -0.05) is 82.6 Å². The lowest BCUT2D eigenvalue weighted by Gasteiger charge is -2.20. The lowest BCUT2D eigenvalue weighted by Crippen LogP contribution is -2.41. The zero-order chi connectivity index (χ0) is 35.9. The van der Waals surface area contributed by atoms with Crippen LogP contribution in [0.1, 0.15) is 92.4 Å². The lowest BCUT2D eigenvalue weighted by atomic mass is 10.0. The fraction of sp³-hybridized carbons (Fsp3) is 0.459. The fourth-order valence-electron chi connectivity index (χ4n) is 4.73. The van der Waals surface area contributed by atoms with Crippen molar-refractivity contribution < 1.29 is 54.9 Å². The Morgan fingerprint density at radius 3 is 1.84 bits per heavy atom. The van der Waals surface area contributed by atoms with E-state index in [1.807, 2.05) is 24.3 Å². The Bertz CT molecular complexity index is 1460. The summed E-state index contributed by atoms with van der Waals surface area (Å²) in [6, 6.07) is 17.0. The molecule has 0 saturated carbocycles. The van der Waals surface area contributed by atoms with Gasteiger partial charge in [0.1, 0.15) is 18.5 Å². The monoisotopic (exact) mass is 696 g/mol. The van der Waals surface area contributed by atoms with Gasteiger partial charge < -0.3 is 18.9 Å². The van der Waals surface area contributed by atoms with Gasteiger partial charge in [0, 0.05) is 0 Å².